The molecule has 0 fully saturated rings. The Morgan fingerprint density at radius 2 is 1.69 bits per heavy atom. The zero-order valence-electron chi connectivity index (χ0n) is 15.1. The molecule has 29 heavy (non-hydrogen) atoms. The summed E-state index contributed by atoms with van der Waals surface area (Å²) in [4.78, 5) is 29.1. The lowest BCUT2D eigenvalue weighted by Gasteiger charge is -2.05. The summed E-state index contributed by atoms with van der Waals surface area (Å²) < 4.78 is 27.3. The van der Waals surface area contributed by atoms with Gasteiger partial charge in [0.05, 0.1) is 17.6 Å². The van der Waals surface area contributed by atoms with E-state index in [2.05, 4.69) is 10.3 Å². The molecule has 0 radical (unpaired) electrons. The van der Waals surface area contributed by atoms with Gasteiger partial charge in [-0.1, -0.05) is 29.5 Å². The Balaban J connectivity index is 1.88. The first kappa shape index (κ1) is 20.5. The van der Waals surface area contributed by atoms with Gasteiger partial charge in [0.2, 0.25) is 15.8 Å². The van der Waals surface area contributed by atoms with E-state index in [4.69, 9.17) is 15.6 Å². The highest BCUT2D eigenvalue weighted by Crippen LogP contribution is 2.30. The minimum absolute atomic E-state index is 0.00308. The van der Waals surface area contributed by atoms with E-state index in [0.29, 0.717) is 10.8 Å². The number of sulfonamides is 1. The molecule has 11 heteroatoms. The Morgan fingerprint density at radius 1 is 1.07 bits per heavy atom. The Bertz CT molecular complexity index is 1190. The first-order valence-electron chi connectivity index (χ1n) is 8.09. The number of nitrogen functional groups attached to an aromatic ring is 1. The van der Waals surface area contributed by atoms with Crippen molar-refractivity contribution >= 4 is 49.7 Å². The van der Waals surface area contributed by atoms with E-state index >= 15 is 0 Å². The standard InChI is InChI=1S/C18H16N4O5S2/c1-27-17(24)13-5-3-2-4-12(13)14(23)15-16(19)22-18(28-15)21-10-6-8-11(9-7-10)29(20,25)26/h2-9H,19H2,1H3,(H,21,22)(H2,20,25,26). The van der Waals surface area contributed by atoms with Crippen molar-refractivity contribution in [1.29, 1.82) is 0 Å². The third kappa shape index (κ3) is 4.42. The van der Waals surface area contributed by atoms with Crippen LogP contribution in [0.1, 0.15) is 25.6 Å². The smallest absolute Gasteiger partial charge is 0.338 e. The number of esters is 1. The van der Waals surface area contributed by atoms with Crippen LogP contribution in [-0.2, 0) is 14.8 Å². The van der Waals surface area contributed by atoms with Gasteiger partial charge in [-0.15, -0.1) is 0 Å². The molecule has 0 atom stereocenters. The predicted octanol–water partition coefficient (Wildman–Crippen LogP) is 2.13. The van der Waals surface area contributed by atoms with Gasteiger partial charge in [0.1, 0.15) is 10.7 Å². The quantitative estimate of drug-likeness (QED) is 0.395. The number of anilines is 3. The number of hydrogen-bond donors (Lipinski definition) is 3. The van der Waals surface area contributed by atoms with Gasteiger partial charge in [-0.2, -0.15) is 0 Å². The number of thiazole rings is 1. The molecule has 0 saturated carbocycles. The number of carbonyl (C=O) groups excluding carboxylic acids is 2. The molecule has 0 spiro atoms. The second-order valence-electron chi connectivity index (χ2n) is 5.79. The van der Waals surface area contributed by atoms with E-state index in [1.807, 2.05) is 0 Å². The summed E-state index contributed by atoms with van der Waals surface area (Å²) >= 11 is 1.00. The summed E-state index contributed by atoms with van der Waals surface area (Å²) in [6.07, 6.45) is 0. The number of primary sulfonamides is 1. The van der Waals surface area contributed by atoms with Gasteiger partial charge in [-0.3, -0.25) is 4.79 Å². The third-order valence-electron chi connectivity index (χ3n) is 3.87. The minimum Gasteiger partial charge on any atom is -0.465 e. The summed E-state index contributed by atoms with van der Waals surface area (Å²) in [5.41, 5.74) is 6.70. The van der Waals surface area contributed by atoms with Crippen LogP contribution in [0.3, 0.4) is 0 Å². The van der Waals surface area contributed by atoms with Crippen LogP contribution < -0.4 is 16.2 Å². The number of benzene rings is 2. The molecular formula is C18H16N4O5S2. The van der Waals surface area contributed by atoms with Crippen molar-refractivity contribution in [2.24, 2.45) is 5.14 Å². The fraction of sp³-hybridized carbons (Fsp3) is 0.0556. The lowest BCUT2D eigenvalue weighted by atomic mass is 10.0. The molecule has 1 heterocycles. The Morgan fingerprint density at radius 3 is 2.28 bits per heavy atom. The number of nitrogens with one attached hydrogen (secondary N) is 1. The number of carbonyl (C=O) groups is 2. The fourth-order valence-electron chi connectivity index (χ4n) is 2.49. The maximum atomic E-state index is 12.9. The van der Waals surface area contributed by atoms with Crippen LogP contribution >= 0.6 is 11.3 Å². The molecule has 3 rings (SSSR count). The first-order valence-corrected chi connectivity index (χ1v) is 10.4. The molecular weight excluding hydrogens is 416 g/mol. The summed E-state index contributed by atoms with van der Waals surface area (Å²) in [6.45, 7) is 0. The summed E-state index contributed by atoms with van der Waals surface area (Å²) in [7, 11) is -2.56. The van der Waals surface area contributed by atoms with Crippen LogP contribution in [0, 0.1) is 0 Å². The van der Waals surface area contributed by atoms with E-state index < -0.39 is 21.8 Å². The van der Waals surface area contributed by atoms with E-state index in [-0.39, 0.29) is 26.7 Å². The second kappa shape index (κ2) is 7.99. The number of ether oxygens (including phenoxy) is 1. The fourth-order valence-corrected chi connectivity index (χ4v) is 3.87. The lowest BCUT2D eigenvalue weighted by Crippen LogP contribution is -2.11. The number of hydrogen-bond acceptors (Lipinski definition) is 9. The Kier molecular flexibility index (Phi) is 5.64. The molecule has 0 aliphatic heterocycles. The highest BCUT2D eigenvalue weighted by Gasteiger charge is 2.23. The van der Waals surface area contributed by atoms with Crippen molar-refractivity contribution in [2.75, 3.05) is 18.2 Å². The zero-order chi connectivity index (χ0) is 21.2. The van der Waals surface area contributed by atoms with Gasteiger partial charge in [-0.25, -0.2) is 23.3 Å². The van der Waals surface area contributed by atoms with Crippen molar-refractivity contribution < 1.29 is 22.7 Å². The summed E-state index contributed by atoms with van der Waals surface area (Å²) in [6, 6.07) is 11.9. The number of nitrogens with zero attached hydrogens (tertiary/aromatic N) is 1. The van der Waals surface area contributed by atoms with Crippen LogP contribution in [0.5, 0.6) is 0 Å². The average molecular weight is 432 g/mol. The Hall–Kier alpha value is -3.28. The van der Waals surface area contributed by atoms with Crippen molar-refractivity contribution in [3.8, 4) is 0 Å². The molecule has 0 amide bonds. The SMILES string of the molecule is COC(=O)c1ccccc1C(=O)c1sc(Nc2ccc(S(N)(=O)=O)cc2)nc1N. The van der Waals surface area contributed by atoms with E-state index in [0.717, 1.165) is 11.3 Å². The molecule has 2 aromatic carbocycles. The maximum absolute atomic E-state index is 12.9. The molecule has 9 nitrogen and oxygen atoms in total. The van der Waals surface area contributed by atoms with Gasteiger partial charge in [0.15, 0.2) is 5.13 Å². The van der Waals surface area contributed by atoms with E-state index in [1.165, 1.54) is 43.5 Å². The van der Waals surface area contributed by atoms with Crippen LogP contribution in [-0.4, -0.2) is 32.3 Å². The molecule has 0 unspecified atom stereocenters. The topological polar surface area (TPSA) is 154 Å². The van der Waals surface area contributed by atoms with Crippen LogP contribution in [0.4, 0.5) is 16.6 Å². The molecule has 0 aliphatic carbocycles. The highest BCUT2D eigenvalue weighted by atomic mass is 32.2. The largest absolute Gasteiger partial charge is 0.465 e. The normalized spacial score (nSPS) is 11.1. The van der Waals surface area contributed by atoms with Gasteiger partial charge >= 0.3 is 5.97 Å². The van der Waals surface area contributed by atoms with Crippen molar-refractivity contribution in [3.63, 3.8) is 0 Å². The Labute approximate surface area is 170 Å². The summed E-state index contributed by atoms with van der Waals surface area (Å²) in [5.74, 6) is -1.09. The van der Waals surface area contributed by atoms with Crippen LogP contribution in [0.25, 0.3) is 0 Å². The molecule has 150 valence electrons. The molecule has 5 N–H and O–H groups in total. The summed E-state index contributed by atoms with van der Waals surface area (Å²) in [5, 5.41) is 8.34. The van der Waals surface area contributed by atoms with Crippen molar-refractivity contribution in [2.45, 2.75) is 4.90 Å². The number of rotatable bonds is 6. The van der Waals surface area contributed by atoms with Crippen LogP contribution in [0.2, 0.25) is 0 Å². The number of aromatic nitrogens is 1. The molecule has 0 saturated heterocycles. The zero-order valence-corrected chi connectivity index (χ0v) is 16.7. The molecule has 3 aromatic rings. The van der Waals surface area contributed by atoms with Crippen molar-refractivity contribution in [1.82, 2.24) is 4.98 Å². The monoisotopic (exact) mass is 432 g/mol. The van der Waals surface area contributed by atoms with Gasteiger partial charge in [-0.05, 0) is 30.3 Å². The number of methoxy groups -OCH3 is 1. The maximum Gasteiger partial charge on any atom is 0.338 e. The first-order chi connectivity index (χ1) is 13.7. The highest BCUT2D eigenvalue weighted by molar-refractivity contribution is 7.89. The molecule has 0 aliphatic rings. The van der Waals surface area contributed by atoms with Crippen molar-refractivity contribution in [3.05, 3.63) is 64.5 Å². The predicted molar refractivity (Wildman–Crippen MR) is 109 cm³/mol. The lowest BCUT2D eigenvalue weighted by molar-refractivity contribution is 0.0597. The average Bonchev–Trinajstić information content (AvgIpc) is 3.06. The number of nitrogens with two attached hydrogens (primary N) is 2. The van der Waals surface area contributed by atoms with Gasteiger partial charge in [0.25, 0.3) is 0 Å². The van der Waals surface area contributed by atoms with Gasteiger partial charge < -0.3 is 15.8 Å². The third-order valence-corrected chi connectivity index (χ3v) is 5.79. The molecule has 0 bridgehead atoms. The minimum atomic E-state index is -3.79. The van der Waals surface area contributed by atoms with E-state index in [9.17, 15) is 18.0 Å². The van der Waals surface area contributed by atoms with E-state index in [1.54, 1.807) is 12.1 Å². The van der Waals surface area contributed by atoms with Crippen LogP contribution in [0.15, 0.2) is 53.4 Å². The number of ketones is 1. The second-order valence-corrected chi connectivity index (χ2v) is 8.35. The molecule has 1 aromatic heterocycles. The van der Waals surface area contributed by atoms with Gasteiger partial charge in [0, 0.05) is 11.3 Å².